The monoisotopic (exact) mass is 271 g/mol. The zero-order valence-electron chi connectivity index (χ0n) is 11.3. The van der Waals surface area contributed by atoms with E-state index in [-0.39, 0.29) is 10.9 Å². The van der Waals surface area contributed by atoms with Gasteiger partial charge in [0.2, 0.25) is 0 Å². The lowest BCUT2D eigenvalue weighted by molar-refractivity contribution is 0.364. The number of rotatable bonds is 6. The van der Waals surface area contributed by atoms with Crippen LogP contribution in [0.2, 0.25) is 0 Å². The summed E-state index contributed by atoms with van der Waals surface area (Å²) >= 11 is 0. The Kier molecular flexibility index (Phi) is 5.28. The molecule has 5 nitrogen and oxygen atoms in total. The van der Waals surface area contributed by atoms with Crippen molar-refractivity contribution < 1.29 is 8.42 Å². The molecule has 0 saturated heterocycles. The van der Waals surface area contributed by atoms with Crippen LogP contribution in [0.5, 0.6) is 0 Å². The molecule has 1 aromatic rings. The minimum absolute atomic E-state index is 0.216. The van der Waals surface area contributed by atoms with Crippen LogP contribution < -0.4 is 10.1 Å². The zero-order chi connectivity index (χ0) is 13.8. The maximum Gasteiger partial charge on any atom is 0.253 e. The van der Waals surface area contributed by atoms with E-state index in [4.69, 9.17) is 0 Å². The summed E-state index contributed by atoms with van der Waals surface area (Å²) in [5.74, 6) is 0. The molecule has 0 amide bonds. The quantitative estimate of drug-likeness (QED) is 0.761. The van der Waals surface area contributed by atoms with Crippen LogP contribution in [0.15, 0.2) is 29.2 Å². The molecule has 1 atom stereocenters. The van der Waals surface area contributed by atoms with Crippen LogP contribution in [-0.2, 0) is 10.0 Å². The molecule has 6 heteroatoms. The highest BCUT2D eigenvalue weighted by atomic mass is 32.2. The number of sulfonamides is 1. The van der Waals surface area contributed by atoms with Gasteiger partial charge in [0.1, 0.15) is 0 Å². The minimum atomic E-state index is -3.46. The smallest absolute Gasteiger partial charge is 0.253 e. The fraction of sp³-hybridized carbons (Fsp3) is 0.500. The number of hydrazine groups is 1. The van der Waals surface area contributed by atoms with E-state index in [1.807, 2.05) is 26.0 Å². The zero-order valence-corrected chi connectivity index (χ0v) is 12.1. The van der Waals surface area contributed by atoms with Gasteiger partial charge >= 0.3 is 0 Å². The summed E-state index contributed by atoms with van der Waals surface area (Å²) in [7, 11) is -0.183. The van der Waals surface area contributed by atoms with Crippen LogP contribution in [0.3, 0.4) is 0 Å². The molecule has 0 aliphatic carbocycles. The average Bonchev–Trinajstić information content (AvgIpc) is 2.28. The second-order valence-corrected chi connectivity index (χ2v) is 6.00. The van der Waals surface area contributed by atoms with Gasteiger partial charge in [0.25, 0.3) is 10.0 Å². The molecule has 0 heterocycles. The van der Waals surface area contributed by atoms with E-state index < -0.39 is 10.0 Å². The molecule has 0 aliphatic heterocycles. The van der Waals surface area contributed by atoms with Gasteiger partial charge in [-0.3, -0.25) is 0 Å². The van der Waals surface area contributed by atoms with Crippen molar-refractivity contribution in [3.8, 4) is 0 Å². The maximum atomic E-state index is 11.9. The Bertz CT molecular complexity index is 469. The fourth-order valence-electron chi connectivity index (χ4n) is 1.65. The normalized spacial score (nSPS) is 13.8. The standard InChI is InChI=1S/C12H21N3O2S/c1-5-13-10(2)11-6-8-12(9-7-11)18(16,17)14-15(3)4/h6-10,13-14H,5H2,1-4H3. The fourth-order valence-corrected chi connectivity index (χ4v) is 2.73. The largest absolute Gasteiger partial charge is 0.310 e. The van der Waals surface area contributed by atoms with E-state index >= 15 is 0 Å². The molecule has 102 valence electrons. The van der Waals surface area contributed by atoms with Crippen molar-refractivity contribution in [2.24, 2.45) is 0 Å². The van der Waals surface area contributed by atoms with Gasteiger partial charge in [0.05, 0.1) is 4.90 Å². The Morgan fingerprint density at radius 3 is 2.22 bits per heavy atom. The molecule has 18 heavy (non-hydrogen) atoms. The second-order valence-electron chi connectivity index (χ2n) is 4.34. The highest BCUT2D eigenvalue weighted by molar-refractivity contribution is 7.89. The van der Waals surface area contributed by atoms with Crippen LogP contribution in [0.4, 0.5) is 0 Å². The molecule has 0 radical (unpaired) electrons. The number of hydrogen-bond donors (Lipinski definition) is 2. The first-order valence-electron chi connectivity index (χ1n) is 5.90. The van der Waals surface area contributed by atoms with E-state index in [1.165, 1.54) is 5.01 Å². The van der Waals surface area contributed by atoms with Crippen molar-refractivity contribution in [1.82, 2.24) is 15.2 Å². The van der Waals surface area contributed by atoms with Gasteiger partial charge < -0.3 is 5.32 Å². The van der Waals surface area contributed by atoms with E-state index in [0.717, 1.165) is 12.1 Å². The maximum absolute atomic E-state index is 11.9. The molecule has 0 aromatic heterocycles. The molecule has 1 rings (SSSR count). The first kappa shape index (κ1) is 15.1. The van der Waals surface area contributed by atoms with E-state index in [1.54, 1.807) is 26.2 Å². The van der Waals surface area contributed by atoms with Gasteiger partial charge in [0, 0.05) is 20.1 Å². The second kappa shape index (κ2) is 6.29. The van der Waals surface area contributed by atoms with Crippen LogP contribution in [0, 0.1) is 0 Å². The minimum Gasteiger partial charge on any atom is -0.310 e. The van der Waals surface area contributed by atoms with Crippen molar-refractivity contribution in [2.75, 3.05) is 20.6 Å². The summed E-state index contributed by atoms with van der Waals surface area (Å²) in [6.07, 6.45) is 0. The van der Waals surface area contributed by atoms with Crippen molar-refractivity contribution in [2.45, 2.75) is 24.8 Å². The van der Waals surface area contributed by atoms with Gasteiger partial charge in [-0.25, -0.2) is 13.4 Å². The highest BCUT2D eigenvalue weighted by Crippen LogP contribution is 2.16. The summed E-state index contributed by atoms with van der Waals surface area (Å²) in [4.78, 5) is 2.67. The number of nitrogens with zero attached hydrogens (tertiary/aromatic N) is 1. The van der Waals surface area contributed by atoms with Crippen molar-refractivity contribution in [1.29, 1.82) is 0 Å². The molecular weight excluding hydrogens is 250 g/mol. The molecule has 0 spiro atoms. The molecule has 1 unspecified atom stereocenters. The topological polar surface area (TPSA) is 61.4 Å². The molecule has 1 aromatic carbocycles. The molecule has 0 aliphatic rings. The number of nitrogens with one attached hydrogen (secondary N) is 2. The summed E-state index contributed by atoms with van der Waals surface area (Å²) in [5, 5.41) is 4.69. The van der Waals surface area contributed by atoms with Gasteiger partial charge in [-0.15, -0.1) is 4.83 Å². The Morgan fingerprint density at radius 1 is 1.22 bits per heavy atom. The Hall–Kier alpha value is -0.950. The van der Waals surface area contributed by atoms with E-state index in [9.17, 15) is 8.42 Å². The molecule has 0 bridgehead atoms. The highest BCUT2D eigenvalue weighted by Gasteiger charge is 2.14. The average molecular weight is 271 g/mol. The Labute approximate surface area is 109 Å². The van der Waals surface area contributed by atoms with Gasteiger partial charge in [0.15, 0.2) is 0 Å². The van der Waals surface area contributed by atoms with Crippen LogP contribution in [-0.4, -0.2) is 34.1 Å². The predicted octanol–water partition coefficient (Wildman–Crippen LogP) is 1.11. The molecule has 0 saturated carbocycles. The molecular formula is C12H21N3O2S. The summed E-state index contributed by atoms with van der Waals surface area (Å²) < 4.78 is 23.8. The lowest BCUT2D eigenvalue weighted by Crippen LogP contribution is -2.36. The summed E-state index contributed by atoms with van der Waals surface area (Å²) in [5.41, 5.74) is 1.07. The molecule has 0 fully saturated rings. The van der Waals surface area contributed by atoms with E-state index in [0.29, 0.717) is 0 Å². The Morgan fingerprint density at radius 2 is 1.78 bits per heavy atom. The molecule has 2 N–H and O–H groups in total. The predicted molar refractivity (Wildman–Crippen MR) is 72.5 cm³/mol. The SMILES string of the molecule is CCNC(C)c1ccc(S(=O)(=O)NN(C)C)cc1. The first-order chi connectivity index (χ1) is 8.36. The third-order valence-corrected chi connectivity index (χ3v) is 4.00. The van der Waals surface area contributed by atoms with Crippen LogP contribution in [0.1, 0.15) is 25.5 Å². The summed E-state index contributed by atoms with van der Waals surface area (Å²) in [6.45, 7) is 4.96. The number of benzene rings is 1. The lowest BCUT2D eigenvalue weighted by atomic mass is 10.1. The van der Waals surface area contributed by atoms with Crippen molar-refractivity contribution in [3.63, 3.8) is 0 Å². The number of hydrogen-bond acceptors (Lipinski definition) is 4. The first-order valence-corrected chi connectivity index (χ1v) is 7.38. The van der Waals surface area contributed by atoms with Crippen molar-refractivity contribution in [3.05, 3.63) is 29.8 Å². The van der Waals surface area contributed by atoms with Crippen LogP contribution in [0.25, 0.3) is 0 Å². The van der Waals surface area contributed by atoms with Crippen molar-refractivity contribution >= 4 is 10.0 Å². The van der Waals surface area contributed by atoms with Gasteiger partial charge in [-0.05, 0) is 31.2 Å². The van der Waals surface area contributed by atoms with Crippen LogP contribution >= 0.6 is 0 Å². The van der Waals surface area contributed by atoms with E-state index in [2.05, 4.69) is 10.1 Å². The third-order valence-electron chi connectivity index (χ3n) is 2.50. The lowest BCUT2D eigenvalue weighted by Gasteiger charge is -2.15. The summed E-state index contributed by atoms with van der Waals surface area (Å²) in [6, 6.07) is 7.12. The van der Waals surface area contributed by atoms with Gasteiger partial charge in [-0.1, -0.05) is 19.1 Å². The van der Waals surface area contributed by atoms with Gasteiger partial charge in [-0.2, -0.15) is 0 Å². The Balaban J connectivity index is 2.89. The third kappa shape index (κ3) is 4.06.